The Labute approximate surface area is 111 Å². The predicted octanol–water partition coefficient (Wildman–Crippen LogP) is 4.14. The van der Waals surface area contributed by atoms with Crippen molar-refractivity contribution in [1.29, 1.82) is 0 Å². The van der Waals surface area contributed by atoms with E-state index in [0.29, 0.717) is 0 Å². The number of hydrogen-bond acceptors (Lipinski definition) is 1. The van der Waals surface area contributed by atoms with Crippen molar-refractivity contribution in [2.24, 2.45) is 4.41 Å². The van der Waals surface area contributed by atoms with E-state index in [1.165, 1.54) is 10.6 Å². The molecule has 0 fully saturated rings. The molecule has 0 amide bonds. The van der Waals surface area contributed by atoms with Crippen LogP contribution in [-0.4, -0.2) is 8.24 Å². The molecule has 18 heavy (non-hydrogen) atoms. The maximum atomic E-state index is 5.15. The molecule has 0 radical (unpaired) electrons. The standard InChI is InChI=1S/C15H19NPSi/c1-18(2,3)16-17(14-10-6-4-7-11-14)15-12-8-5-9-13-15/h4-13H,1-3H3/q+1. The molecule has 92 valence electrons. The largest absolute Gasteiger partial charge is 0.265 e. The number of hydrogen-bond donors (Lipinski definition) is 0. The summed E-state index contributed by atoms with van der Waals surface area (Å²) in [5.74, 6) is 0. The van der Waals surface area contributed by atoms with E-state index >= 15 is 0 Å². The monoisotopic (exact) mass is 272 g/mol. The average molecular weight is 272 g/mol. The molecule has 1 nitrogen and oxygen atoms in total. The molecule has 0 aromatic heterocycles. The molecule has 0 atom stereocenters. The second-order valence-corrected chi connectivity index (χ2v) is 12.1. The van der Waals surface area contributed by atoms with Crippen molar-refractivity contribution < 1.29 is 0 Å². The van der Waals surface area contributed by atoms with Crippen molar-refractivity contribution in [3.05, 3.63) is 60.7 Å². The van der Waals surface area contributed by atoms with E-state index in [1.807, 2.05) is 0 Å². The molecule has 2 aromatic rings. The second kappa shape index (κ2) is 5.60. The zero-order chi connectivity index (χ0) is 13.0. The number of rotatable bonds is 3. The van der Waals surface area contributed by atoms with E-state index < -0.39 is 15.9 Å². The topological polar surface area (TPSA) is 12.4 Å². The molecule has 0 aliphatic carbocycles. The first-order chi connectivity index (χ1) is 8.56. The highest BCUT2D eigenvalue weighted by atomic mass is 31.1. The van der Waals surface area contributed by atoms with Crippen LogP contribution in [0.25, 0.3) is 0 Å². The van der Waals surface area contributed by atoms with Crippen LogP contribution in [0.2, 0.25) is 19.6 Å². The van der Waals surface area contributed by atoms with Crippen LogP contribution in [0.3, 0.4) is 0 Å². The Morgan fingerprint density at radius 1 is 0.722 bits per heavy atom. The molecule has 2 aromatic carbocycles. The lowest BCUT2D eigenvalue weighted by molar-refractivity contribution is 1.60. The van der Waals surface area contributed by atoms with Gasteiger partial charge in [0.15, 0.2) is 10.6 Å². The van der Waals surface area contributed by atoms with Crippen LogP contribution in [0, 0.1) is 0 Å². The molecule has 0 saturated heterocycles. The molecule has 0 heterocycles. The summed E-state index contributed by atoms with van der Waals surface area (Å²) < 4.78 is 5.15. The van der Waals surface area contributed by atoms with Crippen molar-refractivity contribution in [1.82, 2.24) is 0 Å². The van der Waals surface area contributed by atoms with Gasteiger partial charge in [-0.05, 0) is 43.9 Å². The summed E-state index contributed by atoms with van der Waals surface area (Å²) >= 11 is 0. The Balaban J connectivity index is 2.53. The second-order valence-electron chi connectivity index (χ2n) is 5.25. The summed E-state index contributed by atoms with van der Waals surface area (Å²) in [6.07, 6.45) is 0. The highest BCUT2D eigenvalue weighted by Crippen LogP contribution is 2.27. The minimum Gasteiger partial charge on any atom is -0.151 e. The van der Waals surface area contributed by atoms with Crippen LogP contribution in [0.5, 0.6) is 0 Å². The highest BCUT2D eigenvalue weighted by Gasteiger charge is 2.26. The third-order valence-electron chi connectivity index (χ3n) is 2.40. The lowest BCUT2D eigenvalue weighted by Gasteiger charge is -2.04. The fourth-order valence-corrected chi connectivity index (χ4v) is 6.23. The fourth-order valence-electron chi connectivity index (χ4n) is 1.70. The highest BCUT2D eigenvalue weighted by molar-refractivity contribution is 7.64. The quantitative estimate of drug-likeness (QED) is 0.588. The Hall–Kier alpha value is -1.24. The maximum Gasteiger partial charge on any atom is 0.265 e. The third-order valence-corrected chi connectivity index (χ3v) is 7.18. The molecule has 0 saturated carbocycles. The third kappa shape index (κ3) is 3.62. The molecule has 0 spiro atoms. The smallest absolute Gasteiger partial charge is 0.151 e. The van der Waals surface area contributed by atoms with Crippen molar-refractivity contribution in [2.45, 2.75) is 19.6 Å². The number of nitrogens with zero attached hydrogens (tertiary/aromatic N) is 1. The maximum absolute atomic E-state index is 5.15. The van der Waals surface area contributed by atoms with E-state index in [4.69, 9.17) is 4.41 Å². The first-order valence-electron chi connectivity index (χ1n) is 6.19. The van der Waals surface area contributed by atoms with Crippen LogP contribution >= 0.6 is 7.71 Å². The molecule has 3 heteroatoms. The van der Waals surface area contributed by atoms with Crippen LogP contribution in [0.1, 0.15) is 0 Å². The van der Waals surface area contributed by atoms with E-state index in [2.05, 4.69) is 80.3 Å². The van der Waals surface area contributed by atoms with Crippen molar-refractivity contribution in [2.75, 3.05) is 0 Å². The van der Waals surface area contributed by atoms with Gasteiger partial charge in [-0.3, -0.25) is 0 Å². The lowest BCUT2D eigenvalue weighted by Crippen LogP contribution is -2.18. The fraction of sp³-hybridized carbons (Fsp3) is 0.200. The van der Waals surface area contributed by atoms with Gasteiger partial charge in [-0.1, -0.05) is 36.4 Å². The molecule has 0 aliphatic heterocycles. The lowest BCUT2D eigenvalue weighted by atomic mass is 10.4. The van der Waals surface area contributed by atoms with Crippen molar-refractivity contribution >= 4 is 26.6 Å². The molecule has 0 N–H and O–H groups in total. The Bertz CT molecular complexity index is 488. The molecular weight excluding hydrogens is 253 g/mol. The summed E-state index contributed by atoms with van der Waals surface area (Å²) in [5, 5.41) is 2.70. The summed E-state index contributed by atoms with van der Waals surface area (Å²) in [6.45, 7) is 6.90. The minimum atomic E-state index is -1.43. The van der Waals surface area contributed by atoms with Crippen LogP contribution in [-0.2, 0) is 0 Å². The van der Waals surface area contributed by atoms with Crippen LogP contribution in [0.4, 0.5) is 0 Å². The van der Waals surface area contributed by atoms with Gasteiger partial charge >= 0.3 is 0 Å². The molecule has 0 unspecified atom stereocenters. The summed E-state index contributed by atoms with van der Waals surface area (Å²) in [5.41, 5.74) is 0. The Morgan fingerprint density at radius 2 is 1.11 bits per heavy atom. The van der Waals surface area contributed by atoms with E-state index in [9.17, 15) is 0 Å². The van der Waals surface area contributed by atoms with Gasteiger partial charge in [0.2, 0.25) is 8.24 Å². The summed E-state index contributed by atoms with van der Waals surface area (Å²) in [6, 6.07) is 21.3. The van der Waals surface area contributed by atoms with Crippen molar-refractivity contribution in [3.63, 3.8) is 0 Å². The minimum absolute atomic E-state index is 0.552. The van der Waals surface area contributed by atoms with Gasteiger partial charge in [0.25, 0.3) is 7.71 Å². The number of benzene rings is 2. The molecule has 2 rings (SSSR count). The van der Waals surface area contributed by atoms with Gasteiger partial charge in [0.05, 0.1) is 0 Å². The van der Waals surface area contributed by atoms with Gasteiger partial charge in [0, 0.05) is 0 Å². The zero-order valence-corrected chi connectivity index (χ0v) is 13.1. The van der Waals surface area contributed by atoms with Gasteiger partial charge in [-0.25, -0.2) is 0 Å². The van der Waals surface area contributed by atoms with E-state index in [1.54, 1.807) is 0 Å². The first kappa shape index (κ1) is 13.2. The molecular formula is C15H19NPSi+. The summed E-state index contributed by atoms with van der Waals surface area (Å²) in [7, 11) is -1.98. The van der Waals surface area contributed by atoms with Gasteiger partial charge in [0.1, 0.15) is 0 Å². The molecule has 0 aliphatic rings. The normalized spacial score (nSPS) is 11.1. The SMILES string of the molecule is C[Si](C)(C)N=[P+](c1ccccc1)c1ccccc1. The van der Waals surface area contributed by atoms with Crippen molar-refractivity contribution in [3.8, 4) is 0 Å². The summed E-state index contributed by atoms with van der Waals surface area (Å²) in [4.78, 5) is 0. The zero-order valence-electron chi connectivity index (χ0n) is 11.2. The van der Waals surface area contributed by atoms with E-state index in [-0.39, 0.29) is 0 Å². The van der Waals surface area contributed by atoms with E-state index in [0.717, 1.165) is 0 Å². The Morgan fingerprint density at radius 3 is 1.44 bits per heavy atom. The Kier molecular flexibility index (Phi) is 4.10. The van der Waals surface area contributed by atoms with Gasteiger partial charge in [-0.15, -0.1) is 0 Å². The average Bonchev–Trinajstić information content (AvgIpc) is 2.37. The van der Waals surface area contributed by atoms with Crippen LogP contribution in [0.15, 0.2) is 65.1 Å². The predicted molar refractivity (Wildman–Crippen MR) is 84.8 cm³/mol. The molecule has 0 bridgehead atoms. The van der Waals surface area contributed by atoms with Gasteiger partial charge < -0.3 is 0 Å². The first-order valence-corrected chi connectivity index (χ1v) is 10.9. The van der Waals surface area contributed by atoms with Gasteiger partial charge in [-0.2, -0.15) is 4.41 Å². The van der Waals surface area contributed by atoms with Crippen LogP contribution < -0.4 is 10.6 Å².